The van der Waals surface area contributed by atoms with E-state index in [0.717, 1.165) is 35.9 Å². The first-order chi connectivity index (χ1) is 8.65. The summed E-state index contributed by atoms with van der Waals surface area (Å²) < 4.78 is 5.76. The average Bonchev–Trinajstić information content (AvgIpc) is 2.93. The lowest BCUT2D eigenvalue weighted by Crippen LogP contribution is -2.23. The number of oxazole rings is 1. The highest BCUT2D eigenvalue weighted by molar-refractivity contribution is 7.15. The van der Waals surface area contributed by atoms with Crippen molar-refractivity contribution in [1.29, 1.82) is 0 Å². The molecule has 0 atom stereocenters. The zero-order valence-electron chi connectivity index (χ0n) is 11.2. The molecule has 0 aliphatic heterocycles. The van der Waals surface area contributed by atoms with E-state index in [0.29, 0.717) is 6.04 Å². The van der Waals surface area contributed by atoms with Crippen LogP contribution in [0.4, 0.5) is 0 Å². The molecule has 0 radical (unpaired) electrons. The monoisotopic (exact) mass is 264 g/mol. The lowest BCUT2D eigenvalue weighted by molar-refractivity contribution is 0.485. The number of hydrogen-bond acceptors (Lipinski definition) is 4. The van der Waals surface area contributed by atoms with Gasteiger partial charge in [-0.25, -0.2) is 4.98 Å². The van der Waals surface area contributed by atoms with Gasteiger partial charge in [0.15, 0.2) is 11.7 Å². The molecule has 2 rings (SSSR count). The largest absolute Gasteiger partial charge is 0.440 e. The Morgan fingerprint density at radius 2 is 2.22 bits per heavy atom. The summed E-state index contributed by atoms with van der Waals surface area (Å²) >= 11 is 1.74. The first-order valence-electron chi connectivity index (χ1n) is 6.40. The van der Waals surface area contributed by atoms with Crippen LogP contribution >= 0.6 is 11.3 Å². The average molecular weight is 264 g/mol. The maximum Gasteiger partial charge on any atom is 0.194 e. The number of aromatic nitrogens is 1. The number of nitrogens with zero attached hydrogens (tertiary/aromatic N) is 1. The Morgan fingerprint density at radius 1 is 1.39 bits per heavy atom. The summed E-state index contributed by atoms with van der Waals surface area (Å²) in [5, 5.41) is 3.39. The van der Waals surface area contributed by atoms with Crippen LogP contribution in [0.2, 0.25) is 0 Å². The zero-order valence-corrected chi connectivity index (χ0v) is 12.0. The maximum atomic E-state index is 5.76. The molecule has 0 spiro atoms. The summed E-state index contributed by atoms with van der Waals surface area (Å²) in [6, 6.07) is 4.73. The topological polar surface area (TPSA) is 38.1 Å². The van der Waals surface area contributed by atoms with Crippen LogP contribution in [-0.2, 0) is 6.42 Å². The molecule has 0 unspecified atom stereocenters. The molecule has 98 valence electrons. The van der Waals surface area contributed by atoms with Crippen molar-refractivity contribution in [2.75, 3.05) is 6.54 Å². The van der Waals surface area contributed by atoms with Crippen molar-refractivity contribution < 1.29 is 4.42 Å². The van der Waals surface area contributed by atoms with Crippen LogP contribution in [-0.4, -0.2) is 17.6 Å². The van der Waals surface area contributed by atoms with Gasteiger partial charge in [0.2, 0.25) is 0 Å². The van der Waals surface area contributed by atoms with Gasteiger partial charge in [0, 0.05) is 17.3 Å². The Morgan fingerprint density at radius 3 is 2.89 bits per heavy atom. The molecule has 0 aliphatic carbocycles. The van der Waals surface area contributed by atoms with Crippen LogP contribution in [0.5, 0.6) is 0 Å². The second kappa shape index (κ2) is 6.16. The lowest BCUT2D eigenvalue weighted by atomic mass is 10.3. The highest BCUT2D eigenvalue weighted by Gasteiger charge is 2.07. The van der Waals surface area contributed by atoms with Gasteiger partial charge in [-0.2, -0.15) is 0 Å². The van der Waals surface area contributed by atoms with Gasteiger partial charge >= 0.3 is 0 Å². The van der Waals surface area contributed by atoms with Gasteiger partial charge in [0.1, 0.15) is 0 Å². The van der Waals surface area contributed by atoms with E-state index in [4.69, 9.17) is 4.42 Å². The molecule has 2 heterocycles. The van der Waals surface area contributed by atoms with Crippen molar-refractivity contribution in [2.45, 2.75) is 39.7 Å². The van der Waals surface area contributed by atoms with Crippen LogP contribution in [0.3, 0.4) is 0 Å². The Bertz CT molecular complexity index is 487. The maximum absolute atomic E-state index is 5.76. The van der Waals surface area contributed by atoms with Crippen molar-refractivity contribution >= 4 is 11.3 Å². The summed E-state index contributed by atoms with van der Waals surface area (Å²) in [4.78, 5) is 6.79. The van der Waals surface area contributed by atoms with Crippen LogP contribution < -0.4 is 5.32 Å². The predicted molar refractivity (Wildman–Crippen MR) is 76.0 cm³/mol. The quantitative estimate of drug-likeness (QED) is 0.809. The van der Waals surface area contributed by atoms with Gasteiger partial charge < -0.3 is 9.73 Å². The minimum atomic E-state index is 0.541. The van der Waals surface area contributed by atoms with E-state index in [9.17, 15) is 0 Å². The minimum absolute atomic E-state index is 0.541. The van der Waals surface area contributed by atoms with Crippen LogP contribution in [0, 0.1) is 6.92 Å². The third-order valence-electron chi connectivity index (χ3n) is 2.66. The number of hydrogen-bond donors (Lipinski definition) is 1. The zero-order chi connectivity index (χ0) is 13.0. The Hall–Kier alpha value is -1.13. The fourth-order valence-corrected chi connectivity index (χ4v) is 2.55. The summed E-state index contributed by atoms with van der Waals surface area (Å²) in [5.74, 6) is 1.72. The molecular weight excluding hydrogens is 244 g/mol. The van der Waals surface area contributed by atoms with Crippen LogP contribution in [0.15, 0.2) is 22.7 Å². The third-order valence-corrected chi connectivity index (χ3v) is 3.67. The normalized spacial score (nSPS) is 11.3. The van der Waals surface area contributed by atoms with E-state index in [1.54, 1.807) is 11.3 Å². The molecule has 0 saturated heterocycles. The van der Waals surface area contributed by atoms with Gasteiger partial charge in [-0.05, 0) is 32.0 Å². The van der Waals surface area contributed by atoms with E-state index < -0.39 is 0 Å². The lowest BCUT2D eigenvalue weighted by Gasteiger charge is -2.05. The fourth-order valence-electron chi connectivity index (χ4n) is 1.74. The van der Waals surface area contributed by atoms with Gasteiger partial charge in [0.05, 0.1) is 11.1 Å². The first kappa shape index (κ1) is 13.3. The summed E-state index contributed by atoms with van der Waals surface area (Å²) in [5.41, 5.74) is 0. The van der Waals surface area contributed by atoms with E-state index >= 15 is 0 Å². The Kier molecular flexibility index (Phi) is 4.55. The number of nitrogens with one attached hydrogen (secondary N) is 1. The molecule has 0 bridgehead atoms. The molecule has 0 amide bonds. The molecule has 2 aromatic heterocycles. The van der Waals surface area contributed by atoms with Crippen molar-refractivity contribution in [3.8, 4) is 10.6 Å². The van der Waals surface area contributed by atoms with Gasteiger partial charge in [0.25, 0.3) is 0 Å². The summed E-state index contributed by atoms with van der Waals surface area (Å²) in [6.07, 6.45) is 3.78. The highest BCUT2D eigenvalue weighted by Crippen LogP contribution is 2.28. The van der Waals surface area contributed by atoms with Crippen LogP contribution in [0.1, 0.15) is 31.0 Å². The Labute approximate surface area is 112 Å². The molecule has 4 heteroatoms. The van der Waals surface area contributed by atoms with Crippen LogP contribution in [0.25, 0.3) is 10.6 Å². The van der Waals surface area contributed by atoms with Crippen molar-refractivity contribution in [3.63, 3.8) is 0 Å². The first-order valence-corrected chi connectivity index (χ1v) is 7.21. The molecule has 2 aromatic rings. The molecule has 3 nitrogen and oxygen atoms in total. The second-order valence-electron chi connectivity index (χ2n) is 4.74. The summed E-state index contributed by atoms with van der Waals surface area (Å²) in [7, 11) is 0. The Balaban J connectivity index is 1.86. The van der Waals surface area contributed by atoms with Crippen molar-refractivity contribution in [3.05, 3.63) is 29.1 Å². The van der Waals surface area contributed by atoms with Crippen molar-refractivity contribution in [2.24, 2.45) is 0 Å². The number of thiophene rings is 1. The smallest absolute Gasteiger partial charge is 0.194 e. The van der Waals surface area contributed by atoms with Gasteiger partial charge in [-0.15, -0.1) is 11.3 Å². The van der Waals surface area contributed by atoms with E-state index in [-0.39, 0.29) is 0 Å². The van der Waals surface area contributed by atoms with E-state index in [1.165, 1.54) is 4.88 Å². The molecule has 18 heavy (non-hydrogen) atoms. The van der Waals surface area contributed by atoms with E-state index in [2.05, 4.69) is 43.2 Å². The van der Waals surface area contributed by atoms with Gasteiger partial charge in [-0.3, -0.25) is 0 Å². The molecule has 0 fully saturated rings. The predicted octanol–water partition coefficient (Wildman–Crippen LogP) is 3.64. The minimum Gasteiger partial charge on any atom is -0.440 e. The fraction of sp³-hybridized carbons (Fsp3) is 0.500. The standard InChI is InChI=1S/C14H20N2OS/c1-10(2)15-8-4-5-14-16-9-12(17-14)13-7-6-11(3)18-13/h6-7,9-10,15H,4-5,8H2,1-3H3. The number of aryl methyl sites for hydroxylation is 2. The second-order valence-corrected chi connectivity index (χ2v) is 6.03. The summed E-state index contributed by atoms with van der Waals surface area (Å²) in [6.45, 7) is 7.42. The molecule has 0 saturated carbocycles. The SMILES string of the molecule is Cc1ccc(-c2cnc(CCCNC(C)C)o2)s1. The van der Waals surface area contributed by atoms with E-state index in [1.807, 2.05) is 6.20 Å². The van der Waals surface area contributed by atoms with Gasteiger partial charge in [-0.1, -0.05) is 13.8 Å². The molecule has 1 N–H and O–H groups in total. The molecule has 0 aliphatic rings. The third kappa shape index (κ3) is 3.68. The van der Waals surface area contributed by atoms with Crippen molar-refractivity contribution in [1.82, 2.24) is 10.3 Å². The number of rotatable bonds is 6. The highest BCUT2D eigenvalue weighted by atomic mass is 32.1. The molecular formula is C14H20N2OS. The molecule has 0 aromatic carbocycles.